The molecule has 2 rings (SSSR count). The molecule has 0 aliphatic carbocycles. The molecule has 0 saturated carbocycles. The third-order valence-electron chi connectivity index (χ3n) is 2.27. The second-order valence-electron chi connectivity index (χ2n) is 3.53. The molecule has 0 radical (unpaired) electrons. The summed E-state index contributed by atoms with van der Waals surface area (Å²) in [4.78, 5) is 4.29. The summed E-state index contributed by atoms with van der Waals surface area (Å²) in [6.07, 6.45) is 0. The highest BCUT2D eigenvalue weighted by molar-refractivity contribution is 8.00. The zero-order valence-electron chi connectivity index (χ0n) is 10.0. The second-order valence-corrected chi connectivity index (χ2v) is 5.51. The molecule has 0 atom stereocenters. The average Bonchev–Trinajstić information content (AvgIpc) is 2.81. The Morgan fingerprint density at radius 3 is 2.94 bits per heavy atom. The van der Waals surface area contributed by atoms with Crippen molar-refractivity contribution < 1.29 is 4.74 Å². The fourth-order valence-electron chi connectivity index (χ4n) is 1.44. The van der Waals surface area contributed by atoms with Gasteiger partial charge in [-0.25, -0.2) is 4.98 Å². The van der Waals surface area contributed by atoms with Crippen LogP contribution in [-0.4, -0.2) is 16.5 Å². The first-order valence-corrected chi connectivity index (χ1v) is 6.99. The quantitative estimate of drug-likeness (QED) is 0.804. The van der Waals surface area contributed by atoms with Crippen molar-refractivity contribution in [3.05, 3.63) is 35.2 Å². The first-order chi connectivity index (χ1) is 8.72. The van der Waals surface area contributed by atoms with Crippen LogP contribution in [-0.2, 0) is 5.75 Å². The van der Waals surface area contributed by atoms with Gasteiger partial charge in [0, 0.05) is 11.3 Å². The lowest BCUT2D eigenvalue weighted by atomic mass is 10.1. The summed E-state index contributed by atoms with van der Waals surface area (Å²) in [5.41, 5.74) is 1.63. The molecule has 0 spiro atoms. The molecule has 0 bridgehead atoms. The van der Waals surface area contributed by atoms with E-state index < -0.39 is 0 Å². The Morgan fingerprint density at radius 1 is 1.50 bits per heavy atom. The molecule has 1 aromatic heterocycles. The molecule has 0 N–H and O–H groups in total. The van der Waals surface area contributed by atoms with Crippen LogP contribution in [0.5, 0.6) is 5.75 Å². The Labute approximate surface area is 114 Å². The van der Waals surface area contributed by atoms with Gasteiger partial charge >= 0.3 is 0 Å². The number of rotatable bonds is 4. The van der Waals surface area contributed by atoms with E-state index in [2.05, 4.69) is 15.4 Å². The van der Waals surface area contributed by atoms with Crippen molar-refractivity contribution in [2.24, 2.45) is 0 Å². The molecule has 1 aromatic carbocycles. The van der Waals surface area contributed by atoms with E-state index in [-0.39, 0.29) is 0 Å². The monoisotopic (exact) mass is 277 g/mol. The van der Waals surface area contributed by atoms with Gasteiger partial charge in [0.05, 0.1) is 18.7 Å². The van der Waals surface area contributed by atoms with Gasteiger partial charge in [-0.3, -0.25) is 0 Å². The van der Waals surface area contributed by atoms with E-state index in [1.807, 2.05) is 19.1 Å². The van der Waals surface area contributed by atoms with E-state index in [1.54, 1.807) is 24.9 Å². The first-order valence-electron chi connectivity index (χ1n) is 5.23. The Hall–Kier alpha value is -1.58. The van der Waals surface area contributed by atoms with Crippen LogP contribution >= 0.6 is 23.3 Å². The summed E-state index contributed by atoms with van der Waals surface area (Å²) in [6.45, 7) is 1.87. The molecule has 18 heavy (non-hydrogen) atoms. The van der Waals surface area contributed by atoms with Crippen molar-refractivity contribution in [1.29, 1.82) is 5.26 Å². The van der Waals surface area contributed by atoms with Gasteiger partial charge in [-0.05, 0) is 36.7 Å². The van der Waals surface area contributed by atoms with Crippen molar-refractivity contribution in [3.8, 4) is 11.8 Å². The number of ether oxygens (including phenoxy) is 1. The SMILES string of the molecule is COc1ccc(C#N)cc1CSc1nc(C)ns1. The van der Waals surface area contributed by atoms with Crippen molar-refractivity contribution in [3.63, 3.8) is 0 Å². The Morgan fingerprint density at radius 2 is 2.33 bits per heavy atom. The van der Waals surface area contributed by atoms with Gasteiger partial charge in [0.25, 0.3) is 0 Å². The number of hydrogen-bond acceptors (Lipinski definition) is 6. The third kappa shape index (κ3) is 3.00. The summed E-state index contributed by atoms with van der Waals surface area (Å²) in [6, 6.07) is 7.55. The van der Waals surface area contributed by atoms with Crippen LogP contribution in [0.25, 0.3) is 0 Å². The molecule has 92 valence electrons. The van der Waals surface area contributed by atoms with E-state index in [0.717, 1.165) is 21.5 Å². The average molecular weight is 277 g/mol. The molecule has 0 saturated heterocycles. The number of nitrogens with zero attached hydrogens (tertiary/aromatic N) is 3. The van der Waals surface area contributed by atoms with Crippen LogP contribution in [0.4, 0.5) is 0 Å². The molecular formula is C12H11N3OS2. The Kier molecular flexibility index (Phi) is 4.18. The summed E-state index contributed by atoms with van der Waals surface area (Å²) < 4.78 is 10.3. The first kappa shape index (κ1) is 12.9. The van der Waals surface area contributed by atoms with E-state index in [1.165, 1.54) is 11.5 Å². The molecule has 4 nitrogen and oxygen atoms in total. The molecular weight excluding hydrogens is 266 g/mol. The van der Waals surface area contributed by atoms with E-state index in [0.29, 0.717) is 11.3 Å². The number of aromatic nitrogens is 2. The fraction of sp³-hybridized carbons (Fsp3) is 0.250. The lowest BCUT2D eigenvalue weighted by Crippen LogP contribution is -1.91. The summed E-state index contributed by atoms with van der Waals surface area (Å²) in [5.74, 6) is 2.30. The number of methoxy groups -OCH3 is 1. The standard InChI is InChI=1S/C12H11N3OS2/c1-8-14-12(18-15-8)17-7-10-5-9(6-13)3-4-11(10)16-2/h3-5H,7H2,1-2H3. The van der Waals surface area contributed by atoms with Crippen LogP contribution in [0.3, 0.4) is 0 Å². The number of aryl methyl sites for hydroxylation is 1. The number of benzene rings is 1. The zero-order chi connectivity index (χ0) is 13.0. The minimum absolute atomic E-state index is 0.639. The highest BCUT2D eigenvalue weighted by atomic mass is 32.2. The second kappa shape index (κ2) is 5.85. The highest BCUT2D eigenvalue weighted by Gasteiger charge is 2.07. The van der Waals surface area contributed by atoms with Crippen molar-refractivity contribution in [2.45, 2.75) is 17.0 Å². The molecule has 0 aliphatic rings. The van der Waals surface area contributed by atoms with Crippen LogP contribution in [0, 0.1) is 18.3 Å². The third-order valence-corrected chi connectivity index (χ3v) is 4.24. The van der Waals surface area contributed by atoms with Gasteiger partial charge in [0.15, 0.2) is 4.34 Å². The van der Waals surface area contributed by atoms with Crippen LogP contribution < -0.4 is 4.74 Å². The molecule has 2 aromatic rings. The summed E-state index contributed by atoms with van der Waals surface area (Å²) >= 11 is 2.99. The minimum atomic E-state index is 0.639. The highest BCUT2D eigenvalue weighted by Crippen LogP contribution is 2.29. The maximum Gasteiger partial charge on any atom is 0.170 e. The van der Waals surface area contributed by atoms with Gasteiger partial charge in [-0.15, -0.1) is 0 Å². The topological polar surface area (TPSA) is 58.8 Å². The summed E-state index contributed by atoms with van der Waals surface area (Å²) in [5, 5.41) is 8.90. The van der Waals surface area contributed by atoms with Gasteiger partial charge in [0.1, 0.15) is 11.6 Å². The minimum Gasteiger partial charge on any atom is -0.496 e. The molecule has 0 aliphatic heterocycles. The summed E-state index contributed by atoms with van der Waals surface area (Å²) in [7, 11) is 1.63. The fourth-order valence-corrected chi connectivity index (χ4v) is 3.06. The zero-order valence-corrected chi connectivity index (χ0v) is 11.6. The van der Waals surface area contributed by atoms with E-state index >= 15 is 0 Å². The maximum atomic E-state index is 8.90. The van der Waals surface area contributed by atoms with Crippen molar-refractivity contribution in [2.75, 3.05) is 7.11 Å². The van der Waals surface area contributed by atoms with E-state index in [9.17, 15) is 0 Å². The van der Waals surface area contributed by atoms with Gasteiger partial charge < -0.3 is 4.74 Å². The molecule has 0 amide bonds. The predicted octanol–water partition coefficient (Wildman–Crippen LogP) is 3.02. The molecule has 1 heterocycles. The van der Waals surface area contributed by atoms with Crippen molar-refractivity contribution >= 4 is 23.3 Å². The normalized spacial score (nSPS) is 10.1. The molecule has 0 unspecified atom stereocenters. The van der Waals surface area contributed by atoms with Crippen LogP contribution in [0.2, 0.25) is 0 Å². The lowest BCUT2D eigenvalue weighted by Gasteiger charge is -2.07. The van der Waals surface area contributed by atoms with Gasteiger partial charge in [-0.2, -0.15) is 9.64 Å². The Bertz CT molecular complexity index is 589. The van der Waals surface area contributed by atoms with Crippen molar-refractivity contribution in [1.82, 2.24) is 9.36 Å². The number of nitriles is 1. The lowest BCUT2D eigenvalue weighted by molar-refractivity contribution is 0.411. The number of hydrogen-bond donors (Lipinski definition) is 0. The van der Waals surface area contributed by atoms with Crippen LogP contribution in [0.15, 0.2) is 22.5 Å². The number of thioether (sulfide) groups is 1. The maximum absolute atomic E-state index is 8.90. The molecule has 0 fully saturated rings. The van der Waals surface area contributed by atoms with Crippen LogP contribution in [0.1, 0.15) is 17.0 Å². The molecule has 6 heteroatoms. The smallest absolute Gasteiger partial charge is 0.170 e. The predicted molar refractivity (Wildman–Crippen MR) is 71.9 cm³/mol. The van der Waals surface area contributed by atoms with Gasteiger partial charge in [-0.1, -0.05) is 11.8 Å². The van der Waals surface area contributed by atoms with E-state index in [4.69, 9.17) is 10.00 Å². The largest absolute Gasteiger partial charge is 0.496 e. The van der Waals surface area contributed by atoms with Gasteiger partial charge in [0.2, 0.25) is 0 Å². The Balaban J connectivity index is 2.15.